The number of hydrogen-bond donors (Lipinski definition) is 2. The molecular weight excluding hydrogens is 382 g/mol. The summed E-state index contributed by atoms with van der Waals surface area (Å²) in [7, 11) is 0. The van der Waals surface area contributed by atoms with Gasteiger partial charge < -0.3 is 20.3 Å². The van der Waals surface area contributed by atoms with Crippen LogP contribution >= 0.6 is 0 Å². The van der Waals surface area contributed by atoms with Crippen LogP contribution in [0.3, 0.4) is 0 Å². The van der Waals surface area contributed by atoms with Crippen molar-refractivity contribution < 1.29 is 19.1 Å². The molecule has 0 spiro atoms. The van der Waals surface area contributed by atoms with E-state index in [1.54, 1.807) is 33.8 Å². The summed E-state index contributed by atoms with van der Waals surface area (Å²) in [5.41, 5.74) is 1.04. The SMILES string of the molecule is C=CCN(C(=O)C(C)NC(=O)OC(C)(C)C)C(C(=O)NC(C)C)c1ccc(C)cc1. The summed E-state index contributed by atoms with van der Waals surface area (Å²) < 4.78 is 5.24. The second kappa shape index (κ2) is 10.8. The van der Waals surface area contributed by atoms with E-state index < -0.39 is 29.7 Å². The molecule has 3 amide bonds. The third-order valence-corrected chi connectivity index (χ3v) is 4.10. The Morgan fingerprint density at radius 1 is 1.10 bits per heavy atom. The monoisotopic (exact) mass is 417 g/mol. The number of ether oxygens (including phenoxy) is 1. The van der Waals surface area contributed by atoms with Crippen LogP contribution in [0.1, 0.15) is 58.7 Å². The number of benzene rings is 1. The molecule has 0 bridgehead atoms. The van der Waals surface area contributed by atoms with Crippen molar-refractivity contribution in [1.29, 1.82) is 0 Å². The third-order valence-electron chi connectivity index (χ3n) is 4.10. The molecule has 0 aliphatic heterocycles. The molecule has 0 heterocycles. The first kappa shape index (κ1) is 25.2. The molecule has 0 aromatic heterocycles. The molecule has 0 radical (unpaired) electrons. The fourth-order valence-electron chi connectivity index (χ4n) is 2.84. The quantitative estimate of drug-likeness (QED) is 0.634. The predicted molar refractivity (Wildman–Crippen MR) is 118 cm³/mol. The van der Waals surface area contributed by atoms with E-state index in [-0.39, 0.29) is 18.5 Å². The van der Waals surface area contributed by atoms with Gasteiger partial charge in [-0.3, -0.25) is 9.59 Å². The topological polar surface area (TPSA) is 87.7 Å². The van der Waals surface area contributed by atoms with Gasteiger partial charge in [0.2, 0.25) is 11.8 Å². The van der Waals surface area contributed by atoms with Gasteiger partial charge in [-0.25, -0.2) is 4.79 Å². The molecule has 0 saturated carbocycles. The van der Waals surface area contributed by atoms with Crippen LogP contribution in [0, 0.1) is 6.92 Å². The average Bonchev–Trinajstić information content (AvgIpc) is 2.59. The number of aryl methyl sites for hydroxylation is 1. The van der Waals surface area contributed by atoms with Crippen molar-refractivity contribution in [2.24, 2.45) is 0 Å². The summed E-state index contributed by atoms with van der Waals surface area (Å²) in [6.07, 6.45) is 0.863. The number of rotatable bonds is 8. The maximum Gasteiger partial charge on any atom is 0.408 e. The molecule has 0 fully saturated rings. The molecule has 2 atom stereocenters. The zero-order chi connectivity index (χ0) is 23.1. The van der Waals surface area contributed by atoms with Gasteiger partial charge in [0.1, 0.15) is 17.7 Å². The lowest BCUT2D eigenvalue weighted by Crippen LogP contribution is -2.52. The van der Waals surface area contributed by atoms with E-state index in [1.807, 2.05) is 45.0 Å². The number of carbonyl (C=O) groups excluding carboxylic acids is 3. The van der Waals surface area contributed by atoms with Crippen molar-refractivity contribution in [3.05, 3.63) is 48.0 Å². The maximum atomic E-state index is 13.2. The average molecular weight is 418 g/mol. The Kier molecular flexibility index (Phi) is 9.08. The van der Waals surface area contributed by atoms with Gasteiger partial charge >= 0.3 is 6.09 Å². The lowest BCUT2D eigenvalue weighted by molar-refractivity contribution is -0.141. The Hall–Kier alpha value is -2.83. The molecule has 7 nitrogen and oxygen atoms in total. The van der Waals surface area contributed by atoms with Crippen molar-refractivity contribution in [3.63, 3.8) is 0 Å². The van der Waals surface area contributed by atoms with E-state index in [9.17, 15) is 14.4 Å². The Balaban J connectivity index is 3.21. The molecule has 2 N–H and O–H groups in total. The number of nitrogens with zero attached hydrogens (tertiary/aromatic N) is 1. The van der Waals surface area contributed by atoms with Gasteiger partial charge in [-0.2, -0.15) is 0 Å². The molecule has 7 heteroatoms. The van der Waals surface area contributed by atoms with E-state index in [4.69, 9.17) is 4.74 Å². The van der Waals surface area contributed by atoms with Gasteiger partial charge in [-0.1, -0.05) is 35.9 Å². The van der Waals surface area contributed by atoms with Gasteiger partial charge in [0.25, 0.3) is 0 Å². The van der Waals surface area contributed by atoms with E-state index >= 15 is 0 Å². The van der Waals surface area contributed by atoms with Gasteiger partial charge in [0.15, 0.2) is 0 Å². The van der Waals surface area contributed by atoms with Gasteiger partial charge in [0.05, 0.1) is 0 Å². The molecule has 0 aliphatic rings. The third kappa shape index (κ3) is 7.89. The van der Waals surface area contributed by atoms with E-state index in [1.165, 1.54) is 4.90 Å². The Morgan fingerprint density at radius 2 is 1.67 bits per heavy atom. The second-order valence-corrected chi connectivity index (χ2v) is 8.62. The summed E-state index contributed by atoms with van der Waals surface area (Å²) in [5, 5.41) is 5.43. The van der Waals surface area contributed by atoms with Crippen molar-refractivity contribution in [2.45, 2.75) is 72.2 Å². The van der Waals surface area contributed by atoms with E-state index in [0.29, 0.717) is 5.56 Å². The number of amides is 3. The smallest absolute Gasteiger partial charge is 0.408 e. The van der Waals surface area contributed by atoms with E-state index in [2.05, 4.69) is 17.2 Å². The summed E-state index contributed by atoms with van der Waals surface area (Å²) in [5.74, 6) is -0.709. The van der Waals surface area contributed by atoms with Crippen LogP contribution in [0.2, 0.25) is 0 Å². The highest BCUT2D eigenvalue weighted by molar-refractivity contribution is 5.92. The van der Waals surface area contributed by atoms with Gasteiger partial charge in [0, 0.05) is 12.6 Å². The number of nitrogens with one attached hydrogen (secondary N) is 2. The van der Waals surface area contributed by atoms with Gasteiger partial charge in [-0.05, 0) is 54.0 Å². The summed E-state index contributed by atoms with van der Waals surface area (Å²) in [6.45, 7) is 16.3. The minimum absolute atomic E-state index is 0.0940. The van der Waals surface area contributed by atoms with Crippen molar-refractivity contribution in [1.82, 2.24) is 15.5 Å². The van der Waals surface area contributed by atoms with Crippen molar-refractivity contribution >= 4 is 17.9 Å². The molecule has 1 aromatic carbocycles. The van der Waals surface area contributed by atoms with Crippen molar-refractivity contribution in [2.75, 3.05) is 6.54 Å². The van der Waals surface area contributed by atoms with Crippen LogP contribution in [0.5, 0.6) is 0 Å². The lowest BCUT2D eigenvalue weighted by atomic mass is 10.0. The van der Waals surface area contributed by atoms with Crippen LogP contribution < -0.4 is 10.6 Å². The zero-order valence-electron chi connectivity index (χ0n) is 19.1. The molecule has 0 saturated heterocycles. The highest BCUT2D eigenvalue weighted by Crippen LogP contribution is 2.23. The summed E-state index contributed by atoms with van der Waals surface area (Å²) >= 11 is 0. The first-order valence-electron chi connectivity index (χ1n) is 10.1. The lowest BCUT2D eigenvalue weighted by Gasteiger charge is -2.33. The predicted octanol–water partition coefficient (Wildman–Crippen LogP) is 3.49. The fourth-order valence-corrected chi connectivity index (χ4v) is 2.84. The number of carbonyl (C=O) groups is 3. The molecule has 166 valence electrons. The Bertz CT molecular complexity index is 751. The van der Waals surface area contributed by atoms with Crippen molar-refractivity contribution in [3.8, 4) is 0 Å². The van der Waals surface area contributed by atoms with Crippen LogP contribution in [-0.2, 0) is 14.3 Å². The fraction of sp³-hybridized carbons (Fsp3) is 0.522. The minimum Gasteiger partial charge on any atom is -0.444 e. The molecule has 1 aromatic rings. The molecule has 1 rings (SSSR count). The Morgan fingerprint density at radius 3 is 2.13 bits per heavy atom. The Labute approximate surface area is 179 Å². The zero-order valence-corrected chi connectivity index (χ0v) is 19.1. The van der Waals surface area contributed by atoms with Crippen LogP contribution in [0.4, 0.5) is 4.79 Å². The highest BCUT2D eigenvalue weighted by Gasteiger charge is 2.34. The molecular formula is C23H35N3O4. The van der Waals surface area contributed by atoms with Crippen LogP contribution in [-0.4, -0.2) is 47.0 Å². The summed E-state index contributed by atoms with van der Waals surface area (Å²) in [6, 6.07) is 5.60. The van der Waals surface area contributed by atoms with Gasteiger partial charge in [-0.15, -0.1) is 6.58 Å². The molecule has 0 aliphatic carbocycles. The molecule has 30 heavy (non-hydrogen) atoms. The highest BCUT2D eigenvalue weighted by atomic mass is 16.6. The van der Waals surface area contributed by atoms with Crippen LogP contribution in [0.15, 0.2) is 36.9 Å². The normalized spacial score (nSPS) is 13.2. The number of alkyl carbamates (subject to hydrolysis) is 1. The molecule has 2 unspecified atom stereocenters. The first-order valence-corrected chi connectivity index (χ1v) is 10.1. The maximum absolute atomic E-state index is 13.2. The summed E-state index contributed by atoms with van der Waals surface area (Å²) in [4.78, 5) is 39.8. The largest absolute Gasteiger partial charge is 0.444 e. The minimum atomic E-state index is -0.889. The van der Waals surface area contributed by atoms with E-state index in [0.717, 1.165) is 5.56 Å². The first-order chi connectivity index (χ1) is 13.9. The van der Waals surface area contributed by atoms with Crippen LogP contribution in [0.25, 0.3) is 0 Å². The second-order valence-electron chi connectivity index (χ2n) is 8.62. The standard InChI is InChI=1S/C23H35N3O4/c1-9-14-26(21(28)17(5)25-22(29)30-23(6,7)8)19(20(27)24-15(2)3)18-12-10-16(4)11-13-18/h9-13,15,17,19H,1,14H2,2-8H3,(H,24,27)(H,25,29). The number of hydrogen-bond acceptors (Lipinski definition) is 4.